The van der Waals surface area contributed by atoms with Crippen LogP contribution in [0.1, 0.15) is 41.5 Å². The molecule has 0 aromatic carbocycles. The molecule has 0 saturated heterocycles. The molecule has 0 aliphatic rings. The molecule has 0 aromatic rings. The van der Waals surface area contributed by atoms with Gasteiger partial charge in [0, 0.05) is 0 Å². The number of rotatable bonds is 7. The van der Waals surface area contributed by atoms with Gasteiger partial charge in [-0.25, -0.2) is 0 Å². The molecule has 4 heteroatoms. The van der Waals surface area contributed by atoms with Gasteiger partial charge in [0.15, 0.2) is 5.92 Å². The fourth-order valence-corrected chi connectivity index (χ4v) is 1.32. The molecule has 0 unspecified atom stereocenters. The van der Waals surface area contributed by atoms with Gasteiger partial charge in [-0.15, -0.1) is 0 Å². The fourth-order valence-electron chi connectivity index (χ4n) is 1.32. The van der Waals surface area contributed by atoms with Gasteiger partial charge in [0.05, 0.1) is 13.2 Å². The van der Waals surface area contributed by atoms with E-state index < -0.39 is 17.9 Å². The van der Waals surface area contributed by atoms with Gasteiger partial charge in [-0.3, -0.25) is 9.59 Å². The van der Waals surface area contributed by atoms with Crippen molar-refractivity contribution in [3.63, 3.8) is 0 Å². The molecule has 0 amide bonds. The van der Waals surface area contributed by atoms with Crippen molar-refractivity contribution in [1.82, 2.24) is 0 Å². The summed E-state index contributed by atoms with van der Waals surface area (Å²) in [5.41, 5.74) is 0. The van der Waals surface area contributed by atoms with Gasteiger partial charge in [0.2, 0.25) is 0 Å². The summed E-state index contributed by atoms with van der Waals surface area (Å²) in [6.45, 7) is 12.1. The van der Waals surface area contributed by atoms with Gasteiger partial charge in [-0.05, 0) is 17.8 Å². The fraction of sp³-hybridized carbons (Fsp3) is 0.857. The summed E-state index contributed by atoms with van der Waals surface area (Å²) in [7, 11) is 0. The van der Waals surface area contributed by atoms with Gasteiger partial charge < -0.3 is 9.47 Å². The van der Waals surface area contributed by atoms with Crippen molar-refractivity contribution in [3.8, 4) is 0 Å². The van der Waals surface area contributed by atoms with Crippen LogP contribution in [-0.4, -0.2) is 25.2 Å². The predicted molar refractivity (Wildman–Crippen MR) is 69.9 cm³/mol. The molecule has 0 saturated carbocycles. The van der Waals surface area contributed by atoms with Crippen LogP contribution in [-0.2, 0) is 19.1 Å². The van der Waals surface area contributed by atoms with E-state index in [0.717, 1.165) is 0 Å². The second kappa shape index (κ2) is 8.11. The maximum atomic E-state index is 11.9. The maximum Gasteiger partial charge on any atom is 0.320 e. The van der Waals surface area contributed by atoms with Gasteiger partial charge in [0.1, 0.15) is 0 Å². The van der Waals surface area contributed by atoms with Crippen LogP contribution in [0.25, 0.3) is 0 Å². The smallest absolute Gasteiger partial charge is 0.320 e. The molecule has 0 heterocycles. The van der Waals surface area contributed by atoms with Gasteiger partial charge >= 0.3 is 11.9 Å². The van der Waals surface area contributed by atoms with Crippen LogP contribution in [0.2, 0.25) is 0 Å². The van der Waals surface area contributed by atoms with E-state index in [4.69, 9.17) is 9.47 Å². The highest BCUT2D eigenvalue weighted by Crippen LogP contribution is 2.16. The Bertz CT molecular complexity index is 245. The van der Waals surface area contributed by atoms with Crippen LogP contribution in [0.4, 0.5) is 0 Å². The molecule has 0 aliphatic carbocycles. The lowest BCUT2D eigenvalue weighted by Crippen LogP contribution is -2.33. The Morgan fingerprint density at radius 1 is 0.778 bits per heavy atom. The molecule has 0 radical (unpaired) electrons. The Morgan fingerprint density at radius 3 is 1.33 bits per heavy atom. The first-order chi connectivity index (χ1) is 8.25. The predicted octanol–water partition coefficient (Wildman–Crippen LogP) is 2.66. The zero-order valence-corrected chi connectivity index (χ0v) is 12.4. The number of carbonyl (C=O) groups is 2. The minimum absolute atomic E-state index is 0.121. The normalized spacial score (nSPS) is 11.4. The highest BCUT2D eigenvalue weighted by molar-refractivity contribution is 5.95. The highest BCUT2D eigenvalue weighted by atomic mass is 16.6. The van der Waals surface area contributed by atoms with E-state index in [1.165, 1.54) is 0 Å². The van der Waals surface area contributed by atoms with Gasteiger partial charge in [0.25, 0.3) is 0 Å². The molecular formula is C14H26O4. The number of esters is 2. The lowest BCUT2D eigenvalue weighted by molar-refractivity contribution is -0.165. The van der Waals surface area contributed by atoms with Gasteiger partial charge in [-0.2, -0.15) is 0 Å². The van der Waals surface area contributed by atoms with E-state index in [-0.39, 0.29) is 17.8 Å². The van der Waals surface area contributed by atoms with Crippen LogP contribution in [0.15, 0.2) is 0 Å². The summed E-state index contributed by atoms with van der Waals surface area (Å²) in [6.07, 6.45) is 0. The number of ether oxygens (including phenoxy) is 2. The zero-order valence-electron chi connectivity index (χ0n) is 12.4. The number of hydrogen-bond acceptors (Lipinski definition) is 4. The van der Waals surface area contributed by atoms with E-state index in [2.05, 4.69) is 0 Å². The third-order valence-corrected chi connectivity index (χ3v) is 2.29. The van der Waals surface area contributed by atoms with E-state index in [1.807, 2.05) is 41.5 Å². The molecule has 0 fully saturated rings. The second-order valence-corrected chi connectivity index (χ2v) is 5.77. The van der Waals surface area contributed by atoms with E-state index >= 15 is 0 Å². The standard InChI is InChI=1S/C14H26O4/c1-9(2)7-17-13(15)12(11(5)6)14(16)18-8-10(3)4/h9-12H,7-8H2,1-6H3. The largest absolute Gasteiger partial charge is 0.465 e. The summed E-state index contributed by atoms with van der Waals surface area (Å²) in [5, 5.41) is 0. The average Bonchev–Trinajstić information content (AvgIpc) is 2.23. The van der Waals surface area contributed by atoms with Crippen molar-refractivity contribution in [2.24, 2.45) is 23.7 Å². The molecule has 0 aromatic heterocycles. The van der Waals surface area contributed by atoms with Crippen LogP contribution in [0, 0.1) is 23.7 Å². The number of hydrogen-bond donors (Lipinski definition) is 0. The molecule has 18 heavy (non-hydrogen) atoms. The quantitative estimate of drug-likeness (QED) is 0.520. The number of carbonyl (C=O) groups excluding carboxylic acids is 2. The summed E-state index contributed by atoms with van der Waals surface area (Å²) < 4.78 is 10.2. The molecule has 0 bridgehead atoms. The Hall–Kier alpha value is -1.06. The van der Waals surface area contributed by atoms with E-state index in [9.17, 15) is 9.59 Å². The molecule has 0 N–H and O–H groups in total. The lowest BCUT2D eigenvalue weighted by Gasteiger charge is -2.19. The minimum Gasteiger partial charge on any atom is -0.465 e. The molecule has 0 aliphatic heterocycles. The summed E-state index contributed by atoms with van der Waals surface area (Å²) in [6, 6.07) is 0. The van der Waals surface area contributed by atoms with Crippen LogP contribution in [0.5, 0.6) is 0 Å². The SMILES string of the molecule is CC(C)COC(=O)C(C(=O)OCC(C)C)C(C)C. The molecule has 0 rings (SSSR count). The average molecular weight is 258 g/mol. The van der Waals surface area contributed by atoms with Crippen molar-refractivity contribution in [1.29, 1.82) is 0 Å². The molecule has 0 atom stereocenters. The summed E-state index contributed by atoms with van der Waals surface area (Å²) >= 11 is 0. The van der Waals surface area contributed by atoms with Crippen molar-refractivity contribution < 1.29 is 19.1 Å². The highest BCUT2D eigenvalue weighted by Gasteiger charge is 2.33. The minimum atomic E-state index is -0.817. The molecular weight excluding hydrogens is 232 g/mol. The Kier molecular flexibility index (Phi) is 7.64. The first-order valence-corrected chi connectivity index (χ1v) is 6.59. The van der Waals surface area contributed by atoms with E-state index in [1.54, 1.807) is 0 Å². The maximum absolute atomic E-state index is 11.9. The van der Waals surface area contributed by atoms with E-state index in [0.29, 0.717) is 13.2 Å². The first kappa shape index (κ1) is 16.9. The van der Waals surface area contributed by atoms with Crippen molar-refractivity contribution in [3.05, 3.63) is 0 Å². The van der Waals surface area contributed by atoms with Crippen LogP contribution >= 0.6 is 0 Å². The lowest BCUT2D eigenvalue weighted by atomic mass is 9.96. The summed E-state index contributed by atoms with van der Waals surface area (Å²) in [5.74, 6) is -1.38. The monoisotopic (exact) mass is 258 g/mol. The molecule has 106 valence electrons. The third kappa shape index (κ3) is 6.62. The van der Waals surface area contributed by atoms with Crippen LogP contribution < -0.4 is 0 Å². The van der Waals surface area contributed by atoms with Crippen LogP contribution in [0.3, 0.4) is 0 Å². The summed E-state index contributed by atoms with van der Waals surface area (Å²) in [4.78, 5) is 23.7. The Labute approximate surface area is 110 Å². The van der Waals surface area contributed by atoms with Crippen molar-refractivity contribution >= 4 is 11.9 Å². The second-order valence-electron chi connectivity index (χ2n) is 5.77. The zero-order chi connectivity index (χ0) is 14.3. The van der Waals surface area contributed by atoms with Crippen molar-refractivity contribution in [2.45, 2.75) is 41.5 Å². The first-order valence-electron chi connectivity index (χ1n) is 6.59. The Morgan fingerprint density at radius 2 is 1.11 bits per heavy atom. The van der Waals surface area contributed by atoms with Crippen molar-refractivity contribution in [2.75, 3.05) is 13.2 Å². The topological polar surface area (TPSA) is 52.6 Å². The third-order valence-electron chi connectivity index (χ3n) is 2.29. The Balaban J connectivity index is 4.45. The van der Waals surface area contributed by atoms with Gasteiger partial charge in [-0.1, -0.05) is 41.5 Å². The molecule has 4 nitrogen and oxygen atoms in total. The molecule has 0 spiro atoms.